The van der Waals surface area contributed by atoms with Crippen LogP contribution in [0.25, 0.3) is 0 Å². The van der Waals surface area contributed by atoms with Crippen LogP contribution < -0.4 is 0 Å². The molecule has 0 N–H and O–H groups in total. The molecule has 62 valence electrons. The first kappa shape index (κ1) is 10.7. The normalized spacial score (nSPS) is 14.0. The fraction of sp³-hybridized carbons (Fsp3) is 0.889. The van der Waals surface area contributed by atoms with Gasteiger partial charge in [-0.15, -0.1) is 0 Å². The van der Waals surface area contributed by atoms with Gasteiger partial charge >= 0.3 is 0 Å². The van der Waals surface area contributed by atoms with Gasteiger partial charge in [-0.1, -0.05) is 27.7 Å². The lowest BCUT2D eigenvalue weighted by molar-refractivity contribution is -0.116. The molecule has 0 saturated heterocycles. The molecule has 1 nitrogen and oxygen atoms in total. The molecule has 11 heavy (non-hydrogen) atoms. The maximum atomic E-state index is 10.9. The zero-order chi connectivity index (χ0) is 9.02. The molecule has 1 unspecified atom stereocenters. The van der Waals surface area contributed by atoms with Crippen molar-refractivity contribution in [3.63, 3.8) is 0 Å². The summed E-state index contributed by atoms with van der Waals surface area (Å²) in [7, 11) is 5.25. The van der Waals surface area contributed by atoms with E-state index < -0.39 is 0 Å². The summed E-state index contributed by atoms with van der Waals surface area (Å²) >= 11 is 0. The maximum Gasteiger partial charge on any atom is 0.168 e. The highest BCUT2D eigenvalue weighted by Crippen LogP contribution is 2.19. The first-order valence-corrected chi connectivity index (χ1v) is 4.24. The Balaban J connectivity index is 4.01. The molecule has 0 aromatic rings. The smallest absolute Gasteiger partial charge is 0.168 e. The summed E-state index contributed by atoms with van der Waals surface area (Å²) in [5, 5.41) is 0. The van der Waals surface area contributed by atoms with E-state index in [1.54, 1.807) is 0 Å². The van der Waals surface area contributed by atoms with Gasteiger partial charge in [0.25, 0.3) is 0 Å². The second-order valence-electron chi connectivity index (χ2n) is 3.88. The molecule has 0 rings (SSSR count). The molecule has 2 radical (unpaired) electrons. The van der Waals surface area contributed by atoms with Gasteiger partial charge in [0.2, 0.25) is 0 Å². The Bertz CT molecular complexity index is 130. The quantitative estimate of drug-likeness (QED) is 0.563. The zero-order valence-electron chi connectivity index (χ0n) is 7.92. The Kier molecular flexibility index (Phi) is 4.47. The minimum Gasteiger partial charge on any atom is -0.312 e. The van der Waals surface area contributed by atoms with Crippen LogP contribution in [0.5, 0.6) is 0 Å². The third-order valence-electron chi connectivity index (χ3n) is 1.90. The van der Waals surface area contributed by atoms with Crippen molar-refractivity contribution in [1.29, 1.82) is 0 Å². The number of hydrogen-bond acceptors (Lipinski definition) is 1. The van der Waals surface area contributed by atoms with E-state index in [1.165, 1.54) is 0 Å². The SMILES string of the molecule is [B]C(=O)C(CC(C)C)C(C)C. The van der Waals surface area contributed by atoms with E-state index >= 15 is 0 Å². The van der Waals surface area contributed by atoms with Crippen LogP contribution in [0.4, 0.5) is 0 Å². The van der Waals surface area contributed by atoms with Crippen LogP contribution in [-0.2, 0) is 4.79 Å². The van der Waals surface area contributed by atoms with Crippen LogP contribution in [-0.4, -0.2) is 13.5 Å². The van der Waals surface area contributed by atoms with Crippen molar-refractivity contribution in [3.8, 4) is 0 Å². The van der Waals surface area contributed by atoms with Gasteiger partial charge < -0.3 is 4.79 Å². The van der Waals surface area contributed by atoms with Gasteiger partial charge in [0.15, 0.2) is 7.85 Å². The molecule has 0 amide bonds. The van der Waals surface area contributed by atoms with Crippen molar-refractivity contribution >= 4 is 13.5 Å². The van der Waals surface area contributed by atoms with Crippen molar-refractivity contribution in [2.75, 3.05) is 0 Å². The number of carbonyl (C=O) groups excluding carboxylic acids is 1. The Hall–Kier alpha value is -0.265. The van der Waals surface area contributed by atoms with Gasteiger partial charge in [0, 0.05) is 5.92 Å². The Morgan fingerprint density at radius 2 is 1.73 bits per heavy atom. The van der Waals surface area contributed by atoms with E-state index in [2.05, 4.69) is 13.8 Å². The number of rotatable bonds is 4. The highest BCUT2D eigenvalue weighted by molar-refractivity contribution is 6.58. The van der Waals surface area contributed by atoms with Gasteiger partial charge in [-0.05, 0) is 18.3 Å². The molecular weight excluding hydrogens is 135 g/mol. The molecule has 2 heteroatoms. The number of hydrogen-bond donors (Lipinski definition) is 0. The lowest BCUT2D eigenvalue weighted by atomic mass is 9.77. The first-order chi connectivity index (χ1) is 4.95. The van der Waals surface area contributed by atoms with E-state index in [4.69, 9.17) is 7.85 Å². The second kappa shape index (κ2) is 4.58. The van der Waals surface area contributed by atoms with Gasteiger partial charge in [-0.25, -0.2) is 0 Å². The second-order valence-corrected chi connectivity index (χ2v) is 3.88. The van der Waals surface area contributed by atoms with Crippen molar-refractivity contribution in [2.24, 2.45) is 17.8 Å². The third kappa shape index (κ3) is 4.23. The fourth-order valence-electron chi connectivity index (χ4n) is 1.22. The average molecular weight is 152 g/mol. The molecule has 0 aliphatic heterocycles. The summed E-state index contributed by atoms with van der Waals surface area (Å²) in [6, 6.07) is 0. The van der Waals surface area contributed by atoms with Gasteiger partial charge in [0.05, 0.1) is 5.68 Å². The minimum absolute atomic E-state index is 0.0509. The maximum absolute atomic E-state index is 10.9. The van der Waals surface area contributed by atoms with Crippen LogP contribution in [0.1, 0.15) is 34.1 Å². The third-order valence-corrected chi connectivity index (χ3v) is 1.90. The van der Waals surface area contributed by atoms with E-state index in [9.17, 15) is 4.79 Å². The van der Waals surface area contributed by atoms with Crippen molar-refractivity contribution in [2.45, 2.75) is 34.1 Å². The fourth-order valence-corrected chi connectivity index (χ4v) is 1.22. The van der Waals surface area contributed by atoms with E-state index in [-0.39, 0.29) is 11.6 Å². The molecule has 0 aliphatic rings. The summed E-state index contributed by atoms with van der Waals surface area (Å²) in [6.07, 6.45) is 0.910. The van der Waals surface area contributed by atoms with Crippen LogP contribution in [0, 0.1) is 17.8 Å². The highest BCUT2D eigenvalue weighted by Gasteiger charge is 2.18. The first-order valence-electron chi connectivity index (χ1n) is 4.24. The van der Waals surface area contributed by atoms with Gasteiger partial charge in [-0.3, -0.25) is 0 Å². The van der Waals surface area contributed by atoms with Crippen molar-refractivity contribution in [3.05, 3.63) is 0 Å². The molecule has 0 aliphatic carbocycles. The molecule has 0 aromatic carbocycles. The summed E-state index contributed by atoms with van der Waals surface area (Å²) in [5.41, 5.74) is -0.159. The van der Waals surface area contributed by atoms with Crippen molar-refractivity contribution < 1.29 is 4.79 Å². The summed E-state index contributed by atoms with van der Waals surface area (Å²) < 4.78 is 0. The predicted octanol–water partition coefficient (Wildman–Crippen LogP) is 2.00. The molecule has 0 spiro atoms. The van der Waals surface area contributed by atoms with Gasteiger partial charge in [-0.2, -0.15) is 0 Å². The van der Waals surface area contributed by atoms with Crippen LogP contribution in [0.2, 0.25) is 0 Å². The minimum atomic E-state index is -0.159. The Morgan fingerprint density at radius 3 is 1.82 bits per heavy atom. The topological polar surface area (TPSA) is 17.1 Å². The van der Waals surface area contributed by atoms with Crippen molar-refractivity contribution in [1.82, 2.24) is 0 Å². The highest BCUT2D eigenvalue weighted by atomic mass is 16.1. The summed E-state index contributed by atoms with van der Waals surface area (Å²) in [4.78, 5) is 10.9. The van der Waals surface area contributed by atoms with E-state index in [0.717, 1.165) is 6.42 Å². The molecule has 0 saturated carbocycles. The zero-order valence-corrected chi connectivity index (χ0v) is 7.92. The van der Waals surface area contributed by atoms with Crippen LogP contribution in [0.3, 0.4) is 0 Å². The van der Waals surface area contributed by atoms with Crippen LogP contribution >= 0.6 is 0 Å². The summed E-state index contributed by atoms with van der Waals surface area (Å²) in [5.74, 6) is 0.972. The molecule has 0 bridgehead atoms. The van der Waals surface area contributed by atoms with E-state index in [1.807, 2.05) is 13.8 Å². The van der Waals surface area contributed by atoms with Crippen LogP contribution in [0.15, 0.2) is 0 Å². The Labute approximate surface area is 71.0 Å². The molecule has 1 atom stereocenters. The molecule has 0 aromatic heterocycles. The lowest BCUT2D eigenvalue weighted by Crippen LogP contribution is -2.21. The molecular formula is C9H17BO. The van der Waals surface area contributed by atoms with Gasteiger partial charge in [0.1, 0.15) is 0 Å². The molecule has 0 heterocycles. The standard InChI is InChI=1S/C9H17BO/c1-6(2)5-8(7(3)4)9(10)11/h6-8H,5H2,1-4H3. The summed E-state index contributed by atoms with van der Waals surface area (Å²) in [6.45, 7) is 8.30. The monoisotopic (exact) mass is 152 g/mol. The number of carbonyl (C=O) groups is 1. The lowest BCUT2D eigenvalue weighted by Gasteiger charge is -2.19. The van der Waals surface area contributed by atoms with E-state index in [0.29, 0.717) is 11.8 Å². The molecule has 0 fully saturated rings. The largest absolute Gasteiger partial charge is 0.312 e. The predicted molar refractivity (Wildman–Crippen MR) is 48.5 cm³/mol. The Morgan fingerprint density at radius 1 is 1.27 bits per heavy atom. The average Bonchev–Trinajstić information content (AvgIpc) is 1.81.